The van der Waals surface area contributed by atoms with Crippen molar-refractivity contribution < 1.29 is 15.0 Å². The number of carboxylic acids is 1. The summed E-state index contributed by atoms with van der Waals surface area (Å²) in [6.45, 7) is 1.45. The lowest BCUT2D eigenvalue weighted by molar-refractivity contribution is -0.145. The van der Waals surface area contributed by atoms with Crippen LogP contribution in [0.3, 0.4) is 0 Å². The van der Waals surface area contributed by atoms with Crippen molar-refractivity contribution in [3.63, 3.8) is 0 Å². The van der Waals surface area contributed by atoms with Gasteiger partial charge in [0.2, 0.25) is 0 Å². The van der Waals surface area contributed by atoms with E-state index in [9.17, 15) is 9.90 Å². The van der Waals surface area contributed by atoms with E-state index in [4.69, 9.17) is 16.7 Å². The first kappa shape index (κ1) is 12.5. The van der Waals surface area contributed by atoms with Crippen LogP contribution >= 0.6 is 27.5 Å². The number of halogens is 2. The molecule has 2 unspecified atom stereocenters. The summed E-state index contributed by atoms with van der Waals surface area (Å²) in [6, 6.07) is 4.84. The Hall–Kier alpha value is -0.580. The third kappa shape index (κ3) is 2.93. The normalized spacial score (nSPS) is 14.7. The molecule has 0 heterocycles. The molecule has 0 amide bonds. The van der Waals surface area contributed by atoms with Crippen molar-refractivity contribution in [2.24, 2.45) is 5.92 Å². The van der Waals surface area contributed by atoms with E-state index in [2.05, 4.69) is 15.9 Å². The molecule has 82 valence electrons. The molecular formula is C10H10BrClO3. The minimum absolute atomic E-state index is 0.523. The zero-order chi connectivity index (χ0) is 11.6. The zero-order valence-electron chi connectivity index (χ0n) is 7.95. The third-order valence-corrected chi connectivity index (χ3v) is 3.07. The van der Waals surface area contributed by atoms with Crippen molar-refractivity contribution in [3.05, 3.63) is 33.3 Å². The largest absolute Gasteiger partial charge is 0.481 e. The molecule has 0 radical (unpaired) electrons. The molecule has 3 nitrogen and oxygen atoms in total. The standard InChI is InChI=1S/C10H10BrClO3/c1-5(10(14)15)9(13)7-3-2-6(12)4-8(7)11/h2-5,9,13H,1H3,(H,14,15). The average molecular weight is 294 g/mol. The van der Waals surface area contributed by atoms with Gasteiger partial charge >= 0.3 is 5.97 Å². The monoisotopic (exact) mass is 292 g/mol. The number of hydrogen-bond acceptors (Lipinski definition) is 2. The van der Waals surface area contributed by atoms with E-state index in [0.717, 1.165) is 0 Å². The summed E-state index contributed by atoms with van der Waals surface area (Å²) in [5.74, 6) is -1.90. The van der Waals surface area contributed by atoms with Crippen molar-refractivity contribution in [3.8, 4) is 0 Å². The molecule has 2 atom stereocenters. The lowest BCUT2D eigenvalue weighted by Gasteiger charge is -2.16. The third-order valence-electron chi connectivity index (χ3n) is 2.14. The number of aliphatic hydroxyl groups is 1. The summed E-state index contributed by atoms with van der Waals surface area (Å²) in [6.07, 6.45) is -1.05. The molecule has 0 aliphatic rings. The van der Waals surface area contributed by atoms with Gasteiger partial charge in [-0.1, -0.05) is 33.6 Å². The molecule has 1 aromatic carbocycles. The first-order chi connectivity index (χ1) is 6.93. The molecule has 5 heteroatoms. The molecule has 0 spiro atoms. The molecule has 1 rings (SSSR count). The van der Waals surface area contributed by atoms with Gasteiger partial charge in [-0.25, -0.2) is 0 Å². The number of carboxylic acid groups (broad SMARTS) is 1. The van der Waals surface area contributed by atoms with Crippen LogP contribution in [-0.2, 0) is 4.79 Å². The molecule has 0 bridgehead atoms. The second-order valence-corrected chi connectivity index (χ2v) is 4.53. The summed E-state index contributed by atoms with van der Waals surface area (Å²) in [4.78, 5) is 10.7. The maximum Gasteiger partial charge on any atom is 0.309 e. The quantitative estimate of drug-likeness (QED) is 0.901. The van der Waals surface area contributed by atoms with Crippen molar-refractivity contribution in [2.45, 2.75) is 13.0 Å². The number of rotatable bonds is 3. The van der Waals surface area contributed by atoms with E-state index in [1.165, 1.54) is 6.92 Å². The van der Waals surface area contributed by atoms with Gasteiger partial charge in [0, 0.05) is 9.50 Å². The fraction of sp³-hybridized carbons (Fsp3) is 0.300. The highest BCUT2D eigenvalue weighted by atomic mass is 79.9. The predicted octanol–water partition coefficient (Wildman–Crippen LogP) is 2.86. The number of hydrogen-bond donors (Lipinski definition) is 2. The summed E-state index contributed by atoms with van der Waals surface area (Å²) >= 11 is 8.96. The van der Waals surface area contributed by atoms with Gasteiger partial charge in [0.25, 0.3) is 0 Å². The number of carbonyl (C=O) groups is 1. The van der Waals surface area contributed by atoms with Crippen LogP contribution in [0.15, 0.2) is 22.7 Å². The highest BCUT2D eigenvalue weighted by molar-refractivity contribution is 9.10. The van der Waals surface area contributed by atoms with E-state index >= 15 is 0 Å². The second-order valence-electron chi connectivity index (χ2n) is 3.24. The van der Waals surface area contributed by atoms with E-state index in [1.807, 2.05) is 0 Å². The van der Waals surface area contributed by atoms with Gasteiger partial charge in [-0.15, -0.1) is 0 Å². The van der Waals surface area contributed by atoms with Gasteiger partial charge in [-0.3, -0.25) is 4.79 Å². The van der Waals surface area contributed by atoms with E-state index in [-0.39, 0.29) is 0 Å². The maximum absolute atomic E-state index is 10.7. The van der Waals surface area contributed by atoms with Gasteiger partial charge in [0.15, 0.2) is 0 Å². The van der Waals surface area contributed by atoms with Crippen LogP contribution in [0.4, 0.5) is 0 Å². The Labute approximate surface area is 101 Å². The Balaban J connectivity index is 3.01. The molecule has 0 saturated carbocycles. The summed E-state index contributed by atoms with van der Waals surface area (Å²) in [5, 5.41) is 19.1. The van der Waals surface area contributed by atoms with Crippen LogP contribution in [0.5, 0.6) is 0 Å². The number of aliphatic carboxylic acids is 1. The number of aliphatic hydroxyl groups excluding tert-OH is 1. The van der Waals surface area contributed by atoms with E-state index in [1.54, 1.807) is 18.2 Å². The Morgan fingerprint density at radius 2 is 2.13 bits per heavy atom. The van der Waals surface area contributed by atoms with Crippen molar-refractivity contribution in [1.82, 2.24) is 0 Å². The van der Waals surface area contributed by atoms with Gasteiger partial charge < -0.3 is 10.2 Å². The van der Waals surface area contributed by atoms with Gasteiger partial charge in [-0.2, -0.15) is 0 Å². The molecule has 2 N–H and O–H groups in total. The van der Waals surface area contributed by atoms with Crippen LogP contribution in [0.25, 0.3) is 0 Å². The Bertz CT molecular complexity index is 381. The van der Waals surface area contributed by atoms with Crippen molar-refractivity contribution in [2.75, 3.05) is 0 Å². The molecule has 0 fully saturated rings. The van der Waals surface area contributed by atoms with Crippen LogP contribution in [0, 0.1) is 5.92 Å². The van der Waals surface area contributed by atoms with Gasteiger partial charge in [0.1, 0.15) is 0 Å². The molecule has 0 aromatic heterocycles. The zero-order valence-corrected chi connectivity index (χ0v) is 10.3. The molecule has 1 aromatic rings. The Morgan fingerprint density at radius 1 is 1.53 bits per heavy atom. The van der Waals surface area contributed by atoms with Crippen LogP contribution in [-0.4, -0.2) is 16.2 Å². The fourth-order valence-corrected chi connectivity index (χ4v) is 2.06. The van der Waals surface area contributed by atoms with Crippen LogP contribution in [0.2, 0.25) is 5.02 Å². The molecule has 0 saturated heterocycles. The lowest BCUT2D eigenvalue weighted by Crippen LogP contribution is -2.18. The van der Waals surface area contributed by atoms with Gasteiger partial charge in [-0.05, 0) is 24.6 Å². The summed E-state index contributed by atoms with van der Waals surface area (Å²) in [5.41, 5.74) is 0.523. The Morgan fingerprint density at radius 3 is 2.60 bits per heavy atom. The topological polar surface area (TPSA) is 57.5 Å². The van der Waals surface area contributed by atoms with Crippen molar-refractivity contribution in [1.29, 1.82) is 0 Å². The smallest absolute Gasteiger partial charge is 0.309 e. The molecule has 0 aliphatic carbocycles. The maximum atomic E-state index is 10.7. The van der Waals surface area contributed by atoms with Crippen molar-refractivity contribution >= 4 is 33.5 Å². The van der Waals surface area contributed by atoms with Gasteiger partial charge in [0.05, 0.1) is 12.0 Å². The Kier molecular flexibility index (Phi) is 4.13. The first-order valence-electron chi connectivity index (χ1n) is 4.29. The summed E-state index contributed by atoms with van der Waals surface area (Å²) < 4.78 is 0.607. The van der Waals surface area contributed by atoms with Crippen LogP contribution < -0.4 is 0 Å². The lowest BCUT2D eigenvalue weighted by atomic mass is 9.98. The van der Waals surface area contributed by atoms with E-state index in [0.29, 0.717) is 15.1 Å². The highest BCUT2D eigenvalue weighted by Crippen LogP contribution is 2.30. The first-order valence-corrected chi connectivity index (χ1v) is 5.46. The highest BCUT2D eigenvalue weighted by Gasteiger charge is 2.24. The van der Waals surface area contributed by atoms with Crippen LogP contribution in [0.1, 0.15) is 18.6 Å². The molecule has 0 aliphatic heterocycles. The minimum atomic E-state index is -1.05. The molecule has 15 heavy (non-hydrogen) atoms. The number of benzene rings is 1. The predicted molar refractivity (Wildman–Crippen MR) is 60.9 cm³/mol. The minimum Gasteiger partial charge on any atom is -0.481 e. The molecular weight excluding hydrogens is 283 g/mol. The second kappa shape index (κ2) is 4.96. The summed E-state index contributed by atoms with van der Waals surface area (Å²) in [7, 11) is 0. The SMILES string of the molecule is CC(C(=O)O)C(O)c1ccc(Cl)cc1Br. The average Bonchev–Trinajstić information content (AvgIpc) is 2.15. The van der Waals surface area contributed by atoms with E-state index < -0.39 is 18.0 Å². The fourth-order valence-electron chi connectivity index (χ4n) is 1.15.